The van der Waals surface area contributed by atoms with E-state index in [4.69, 9.17) is 4.42 Å². The van der Waals surface area contributed by atoms with Crippen molar-refractivity contribution in [1.29, 1.82) is 0 Å². The van der Waals surface area contributed by atoms with E-state index in [9.17, 15) is 4.79 Å². The molecule has 0 saturated heterocycles. The molecule has 1 N–H and O–H groups in total. The third-order valence-electron chi connectivity index (χ3n) is 1.80. The van der Waals surface area contributed by atoms with Crippen LogP contribution in [0.1, 0.15) is 28.8 Å². The Hall–Kier alpha value is -1.69. The molecule has 74 valence electrons. The van der Waals surface area contributed by atoms with Crippen LogP contribution in [-0.2, 0) is 0 Å². The molecule has 1 aromatic heterocycles. The van der Waals surface area contributed by atoms with Crippen molar-refractivity contribution in [2.75, 3.05) is 6.54 Å². The van der Waals surface area contributed by atoms with Crippen LogP contribution in [-0.4, -0.2) is 12.5 Å². The highest BCUT2D eigenvalue weighted by atomic mass is 16.3. The zero-order valence-electron chi connectivity index (χ0n) is 8.60. The van der Waals surface area contributed by atoms with Gasteiger partial charge in [0.25, 0.3) is 5.91 Å². The van der Waals surface area contributed by atoms with Crippen molar-refractivity contribution in [3.8, 4) is 11.8 Å². The van der Waals surface area contributed by atoms with Gasteiger partial charge in [0.1, 0.15) is 11.5 Å². The first-order valence-corrected chi connectivity index (χ1v) is 4.40. The molecule has 3 heteroatoms. The van der Waals surface area contributed by atoms with Crippen molar-refractivity contribution < 1.29 is 9.21 Å². The number of hydrogen-bond donors (Lipinski definition) is 1. The normalized spacial score (nSPS) is 9.07. The van der Waals surface area contributed by atoms with Crippen LogP contribution in [0.4, 0.5) is 0 Å². The van der Waals surface area contributed by atoms with E-state index in [2.05, 4.69) is 17.2 Å². The van der Waals surface area contributed by atoms with Gasteiger partial charge in [0.15, 0.2) is 0 Å². The Labute approximate surface area is 83.5 Å². The number of hydrogen-bond acceptors (Lipinski definition) is 2. The van der Waals surface area contributed by atoms with Crippen LogP contribution >= 0.6 is 0 Å². The highest BCUT2D eigenvalue weighted by Crippen LogP contribution is 2.12. The molecule has 0 radical (unpaired) electrons. The average Bonchev–Trinajstić information content (AvgIpc) is 2.45. The lowest BCUT2D eigenvalue weighted by molar-refractivity contribution is 0.0957. The molecule has 1 amide bonds. The number of furan rings is 1. The first kappa shape index (κ1) is 10.4. The summed E-state index contributed by atoms with van der Waals surface area (Å²) in [7, 11) is 0. The summed E-state index contributed by atoms with van der Waals surface area (Å²) in [4.78, 5) is 11.5. The number of nitrogens with one attached hydrogen (secondary N) is 1. The Morgan fingerprint density at radius 3 is 2.79 bits per heavy atom. The van der Waals surface area contributed by atoms with Crippen molar-refractivity contribution in [1.82, 2.24) is 5.32 Å². The molecule has 0 saturated carbocycles. The van der Waals surface area contributed by atoms with E-state index in [1.807, 2.05) is 6.92 Å². The Balaban J connectivity index is 2.68. The second-order valence-electron chi connectivity index (χ2n) is 2.94. The SMILES string of the molecule is CC#CCNC(=O)c1cc(C)oc1C. The standard InChI is InChI=1S/C11H13NO2/c1-4-5-6-12-11(13)10-7-8(2)14-9(10)3/h7H,6H2,1-3H3,(H,12,13). The summed E-state index contributed by atoms with van der Waals surface area (Å²) in [6.45, 7) is 5.70. The van der Waals surface area contributed by atoms with Crippen LogP contribution in [0.15, 0.2) is 10.5 Å². The molecule has 1 rings (SSSR count). The monoisotopic (exact) mass is 191 g/mol. The molecule has 3 nitrogen and oxygen atoms in total. The number of carbonyl (C=O) groups excluding carboxylic acids is 1. The highest BCUT2D eigenvalue weighted by molar-refractivity contribution is 5.95. The Morgan fingerprint density at radius 2 is 2.29 bits per heavy atom. The first-order valence-electron chi connectivity index (χ1n) is 4.40. The lowest BCUT2D eigenvalue weighted by Crippen LogP contribution is -2.23. The fourth-order valence-corrected chi connectivity index (χ4v) is 1.16. The maximum absolute atomic E-state index is 11.5. The van der Waals surface area contributed by atoms with Gasteiger partial charge in [-0.25, -0.2) is 0 Å². The van der Waals surface area contributed by atoms with Crippen LogP contribution in [0.25, 0.3) is 0 Å². The van der Waals surface area contributed by atoms with Crippen molar-refractivity contribution in [3.63, 3.8) is 0 Å². The summed E-state index contributed by atoms with van der Waals surface area (Å²) in [6, 6.07) is 1.73. The first-order chi connectivity index (χ1) is 6.65. The van der Waals surface area contributed by atoms with E-state index in [-0.39, 0.29) is 5.91 Å². The molecule has 0 spiro atoms. The second kappa shape index (κ2) is 4.52. The summed E-state index contributed by atoms with van der Waals surface area (Å²) < 4.78 is 5.25. The molecule has 14 heavy (non-hydrogen) atoms. The molecule has 0 bridgehead atoms. The Bertz CT molecular complexity index is 393. The summed E-state index contributed by atoms with van der Waals surface area (Å²) in [5, 5.41) is 2.68. The van der Waals surface area contributed by atoms with E-state index >= 15 is 0 Å². The number of aryl methyl sites for hydroxylation is 2. The van der Waals surface area contributed by atoms with Gasteiger partial charge in [0.2, 0.25) is 0 Å². The average molecular weight is 191 g/mol. The molecule has 0 aliphatic carbocycles. The molecular formula is C11H13NO2. The minimum absolute atomic E-state index is 0.137. The summed E-state index contributed by atoms with van der Waals surface area (Å²) in [5.41, 5.74) is 0.584. The minimum Gasteiger partial charge on any atom is -0.466 e. The van der Waals surface area contributed by atoms with Crippen molar-refractivity contribution in [2.24, 2.45) is 0 Å². The maximum atomic E-state index is 11.5. The van der Waals surface area contributed by atoms with Gasteiger partial charge in [-0.15, -0.1) is 5.92 Å². The number of rotatable bonds is 2. The fourth-order valence-electron chi connectivity index (χ4n) is 1.16. The van der Waals surface area contributed by atoms with Crippen molar-refractivity contribution >= 4 is 5.91 Å². The zero-order chi connectivity index (χ0) is 10.6. The van der Waals surface area contributed by atoms with Gasteiger partial charge < -0.3 is 9.73 Å². The van der Waals surface area contributed by atoms with E-state index in [0.29, 0.717) is 17.9 Å². The van der Waals surface area contributed by atoms with E-state index in [1.54, 1.807) is 19.9 Å². The summed E-state index contributed by atoms with van der Waals surface area (Å²) in [6.07, 6.45) is 0. The molecule has 0 unspecified atom stereocenters. The third kappa shape index (κ3) is 2.40. The molecule has 1 heterocycles. The van der Waals surface area contributed by atoms with E-state index < -0.39 is 0 Å². The molecule has 0 fully saturated rings. The molecule has 0 aliphatic heterocycles. The molecule has 1 aromatic rings. The van der Waals surface area contributed by atoms with Gasteiger partial charge in [0.05, 0.1) is 12.1 Å². The maximum Gasteiger partial charge on any atom is 0.255 e. The van der Waals surface area contributed by atoms with Gasteiger partial charge >= 0.3 is 0 Å². The van der Waals surface area contributed by atoms with Gasteiger partial charge in [0, 0.05) is 0 Å². The quantitative estimate of drug-likeness (QED) is 0.722. The van der Waals surface area contributed by atoms with Gasteiger partial charge in [-0.2, -0.15) is 0 Å². The molecule has 0 aromatic carbocycles. The Morgan fingerprint density at radius 1 is 1.57 bits per heavy atom. The lowest BCUT2D eigenvalue weighted by atomic mass is 10.2. The minimum atomic E-state index is -0.137. The van der Waals surface area contributed by atoms with Crippen LogP contribution in [0.2, 0.25) is 0 Å². The van der Waals surface area contributed by atoms with Crippen molar-refractivity contribution in [2.45, 2.75) is 20.8 Å². The molecular weight excluding hydrogens is 178 g/mol. The predicted molar refractivity (Wildman–Crippen MR) is 54.0 cm³/mol. The van der Waals surface area contributed by atoms with Crippen LogP contribution in [0.5, 0.6) is 0 Å². The fraction of sp³-hybridized carbons (Fsp3) is 0.364. The van der Waals surface area contributed by atoms with Crippen molar-refractivity contribution in [3.05, 3.63) is 23.2 Å². The molecule has 0 aliphatic rings. The van der Waals surface area contributed by atoms with E-state index in [0.717, 1.165) is 5.76 Å². The van der Waals surface area contributed by atoms with Gasteiger partial charge in [-0.05, 0) is 26.8 Å². The van der Waals surface area contributed by atoms with Gasteiger partial charge in [-0.3, -0.25) is 4.79 Å². The zero-order valence-corrected chi connectivity index (χ0v) is 8.60. The highest BCUT2D eigenvalue weighted by Gasteiger charge is 2.11. The number of amides is 1. The largest absolute Gasteiger partial charge is 0.466 e. The summed E-state index contributed by atoms with van der Waals surface area (Å²) in [5.74, 6) is 6.72. The third-order valence-corrected chi connectivity index (χ3v) is 1.80. The predicted octanol–water partition coefficient (Wildman–Crippen LogP) is 1.65. The Kier molecular flexibility index (Phi) is 3.35. The van der Waals surface area contributed by atoms with E-state index in [1.165, 1.54) is 0 Å². The van der Waals surface area contributed by atoms with Crippen LogP contribution in [0, 0.1) is 25.7 Å². The number of carbonyl (C=O) groups is 1. The summed E-state index contributed by atoms with van der Waals surface area (Å²) >= 11 is 0. The smallest absolute Gasteiger partial charge is 0.255 e. The van der Waals surface area contributed by atoms with Crippen LogP contribution < -0.4 is 5.32 Å². The second-order valence-corrected chi connectivity index (χ2v) is 2.94. The lowest BCUT2D eigenvalue weighted by Gasteiger charge is -1.98. The van der Waals surface area contributed by atoms with Gasteiger partial charge in [-0.1, -0.05) is 5.92 Å². The van der Waals surface area contributed by atoms with Crippen LogP contribution in [0.3, 0.4) is 0 Å². The molecule has 0 atom stereocenters. The topological polar surface area (TPSA) is 42.2 Å².